The quantitative estimate of drug-likeness (QED) is 0.0474. The molecule has 0 aliphatic rings. The maximum atomic E-state index is 13.5. The number of hydrazine groups is 1. The molecule has 3 aromatic rings. The second kappa shape index (κ2) is 14.7. The van der Waals surface area contributed by atoms with E-state index in [0.717, 1.165) is 18.2 Å². The zero-order valence-corrected chi connectivity index (χ0v) is 24.6. The molecule has 0 fully saturated rings. The number of nitrogens with two attached hydrogens (primary N) is 1. The van der Waals surface area contributed by atoms with Crippen molar-refractivity contribution in [3.05, 3.63) is 87.5 Å². The maximum Gasteiger partial charge on any atom is 0.491 e. The van der Waals surface area contributed by atoms with Crippen molar-refractivity contribution in [3.63, 3.8) is 0 Å². The molecular formula is C29H29F3N6O8. The number of hydrogen-bond acceptors (Lipinski definition) is 10. The van der Waals surface area contributed by atoms with Gasteiger partial charge in [-0.3, -0.25) is 36.0 Å². The van der Waals surface area contributed by atoms with Crippen LogP contribution in [0, 0.1) is 15.5 Å². The minimum absolute atomic E-state index is 0.0550. The van der Waals surface area contributed by atoms with E-state index >= 15 is 0 Å². The van der Waals surface area contributed by atoms with Crippen LogP contribution in [-0.4, -0.2) is 47.4 Å². The molecule has 46 heavy (non-hydrogen) atoms. The van der Waals surface area contributed by atoms with Crippen LogP contribution in [0.1, 0.15) is 48.3 Å². The van der Waals surface area contributed by atoms with Gasteiger partial charge in [0.15, 0.2) is 11.5 Å². The Morgan fingerprint density at radius 3 is 2.33 bits per heavy atom. The van der Waals surface area contributed by atoms with Gasteiger partial charge in [0, 0.05) is 29.4 Å². The molecule has 3 aromatic carbocycles. The van der Waals surface area contributed by atoms with E-state index in [0.29, 0.717) is 5.75 Å². The third-order valence-corrected chi connectivity index (χ3v) is 5.86. The highest BCUT2D eigenvalue weighted by atomic mass is 19.4. The summed E-state index contributed by atoms with van der Waals surface area (Å²) in [4.78, 5) is 48.1. The summed E-state index contributed by atoms with van der Waals surface area (Å²) in [5, 5.41) is 21.5. The molecule has 14 nitrogen and oxygen atoms in total. The molecule has 0 aromatic heterocycles. The predicted octanol–water partition coefficient (Wildman–Crippen LogP) is 4.15. The Balaban J connectivity index is 2.00. The minimum Gasteiger partial charge on any atom is -0.490 e. The lowest BCUT2D eigenvalue weighted by Crippen LogP contribution is -2.45. The van der Waals surface area contributed by atoms with Crippen LogP contribution in [-0.2, 0) is 9.59 Å². The zero-order valence-electron chi connectivity index (χ0n) is 24.6. The van der Waals surface area contributed by atoms with Crippen LogP contribution in [0.4, 0.5) is 24.5 Å². The van der Waals surface area contributed by atoms with E-state index in [4.69, 9.17) is 20.6 Å². The van der Waals surface area contributed by atoms with Crippen molar-refractivity contribution in [2.24, 2.45) is 5.73 Å². The first-order valence-electron chi connectivity index (χ1n) is 13.4. The number of amides is 2. The van der Waals surface area contributed by atoms with Crippen LogP contribution in [0.25, 0.3) is 0 Å². The molecule has 244 valence electrons. The smallest absolute Gasteiger partial charge is 0.490 e. The Kier molecular flexibility index (Phi) is 11.1. The summed E-state index contributed by atoms with van der Waals surface area (Å²) in [5.41, 5.74) is 9.17. The number of carbonyl (C=O) groups excluding carboxylic acids is 3. The van der Waals surface area contributed by atoms with Crippen molar-refractivity contribution in [2.45, 2.75) is 39.1 Å². The largest absolute Gasteiger partial charge is 0.491 e. The lowest BCUT2D eigenvalue weighted by molar-refractivity contribution is -0.384. The molecule has 0 bridgehead atoms. The Morgan fingerprint density at radius 2 is 1.72 bits per heavy atom. The van der Waals surface area contributed by atoms with Gasteiger partial charge in [-0.15, -0.1) is 0 Å². The first-order chi connectivity index (χ1) is 21.6. The van der Waals surface area contributed by atoms with E-state index in [-0.39, 0.29) is 46.5 Å². The summed E-state index contributed by atoms with van der Waals surface area (Å²) >= 11 is 0. The zero-order chi connectivity index (χ0) is 34.2. The number of esters is 1. The summed E-state index contributed by atoms with van der Waals surface area (Å²) in [5.74, 6) is -5.16. The summed E-state index contributed by atoms with van der Waals surface area (Å²) in [6.07, 6.45) is -5.59. The number of alkyl halides is 3. The van der Waals surface area contributed by atoms with Gasteiger partial charge in [0.2, 0.25) is 0 Å². The fourth-order valence-corrected chi connectivity index (χ4v) is 3.89. The Labute approximate surface area is 259 Å². The highest BCUT2D eigenvalue weighted by Crippen LogP contribution is 2.34. The van der Waals surface area contributed by atoms with Gasteiger partial charge in [-0.1, -0.05) is 12.1 Å². The normalized spacial score (nSPS) is 11.6. The molecule has 17 heteroatoms. The number of benzene rings is 3. The number of rotatable bonds is 12. The number of nitro benzene ring substituents is 1. The standard InChI is InChI=1S/C29H29F3N6O8/c1-4-44-23-13-16(8-11-21(23)45-15(2)3)24(27(40)37-36-26(39)17-6-5-7-19(12-17)38(42)43)35-18-9-10-20(25(33)34)22(14-18)46-28(41)29(30,31)32/h5-15,24,35H,4H2,1-3H3,(H3,33,34)(H,36,39)(H,37,40). The van der Waals surface area contributed by atoms with Crippen molar-refractivity contribution in [1.29, 1.82) is 5.41 Å². The number of nitrogens with zero attached hydrogens (tertiary/aromatic N) is 1. The number of non-ortho nitro benzene ring substituents is 1. The van der Waals surface area contributed by atoms with Crippen LogP contribution >= 0.6 is 0 Å². The summed E-state index contributed by atoms with van der Waals surface area (Å²) in [7, 11) is 0. The monoisotopic (exact) mass is 646 g/mol. The molecule has 0 aliphatic heterocycles. The molecule has 1 unspecified atom stereocenters. The van der Waals surface area contributed by atoms with Crippen LogP contribution in [0.15, 0.2) is 60.7 Å². The molecular weight excluding hydrogens is 617 g/mol. The molecule has 2 amide bonds. The predicted molar refractivity (Wildman–Crippen MR) is 158 cm³/mol. The number of carbonyl (C=O) groups is 3. The number of nitrogen functional groups attached to an aromatic ring is 1. The number of ether oxygens (including phenoxy) is 3. The van der Waals surface area contributed by atoms with Crippen molar-refractivity contribution >= 4 is 35.0 Å². The summed E-state index contributed by atoms with van der Waals surface area (Å²) in [6, 6.07) is 11.1. The van der Waals surface area contributed by atoms with E-state index in [2.05, 4.69) is 20.9 Å². The van der Waals surface area contributed by atoms with Gasteiger partial charge in [0.25, 0.3) is 17.5 Å². The van der Waals surface area contributed by atoms with Gasteiger partial charge in [0.1, 0.15) is 17.6 Å². The van der Waals surface area contributed by atoms with E-state index in [1.54, 1.807) is 20.8 Å². The lowest BCUT2D eigenvalue weighted by Gasteiger charge is -2.23. The topological polar surface area (TPSA) is 208 Å². The Hall–Kier alpha value is -5.87. The SMILES string of the molecule is CCOc1cc(C(Nc2ccc(C(=N)N)c(OC(=O)C(F)(F)F)c2)C(=O)NNC(=O)c2cccc([N+](=O)[O-])c2)ccc1OC(C)C. The maximum absolute atomic E-state index is 13.5. The number of anilines is 1. The van der Waals surface area contributed by atoms with Gasteiger partial charge >= 0.3 is 12.1 Å². The first-order valence-corrected chi connectivity index (χ1v) is 13.4. The molecule has 0 aliphatic carbocycles. The molecule has 0 spiro atoms. The minimum atomic E-state index is -5.35. The molecule has 1 atom stereocenters. The molecule has 3 rings (SSSR count). The van der Waals surface area contributed by atoms with Crippen molar-refractivity contribution in [2.75, 3.05) is 11.9 Å². The van der Waals surface area contributed by atoms with Crippen LogP contribution in [0.2, 0.25) is 0 Å². The first kappa shape index (κ1) is 34.6. The number of halogens is 3. The van der Waals surface area contributed by atoms with Gasteiger partial charge in [-0.2, -0.15) is 13.2 Å². The fraction of sp³-hybridized carbons (Fsp3) is 0.241. The van der Waals surface area contributed by atoms with Gasteiger partial charge in [-0.05, 0) is 56.7 Å². The highest BCUT2D eigenvalue weighted by molar-refractivity contribution is 5.99. The third-order valence-electron chi connectivity index (χ3n) is 5.86. The van der Waals surface area contributed by atoms with E-state index < -0.39 is 46.5 Å². The number of hydrogen-bond donors (Lipinski definition) is 5. The van der Waals surface area contributed by atoms with Crippen molar-refractivity contribution < 1.29 is 46.7 Å². The van der Waals surface area contributed by atoms with E-state index in [1.807, 2.05) is 0 Å². The fourth-order valence-electron chi connectivity index (χ4n) is 3.89. The number of amidine groups is 1. The van der Waals surface area contributed by atoms with Crippen molar-refractivity contribution in [3.8, 4) is 17.2 Å². The molecule has 0 heterocycles. The highest BCUT2D eigenvalue weighted by Gasteiger charge is 2.42. The van der Waals surface area contributed by atoms with Gasteiger partial charge in [-0.25, -0.2) is 4.79 Å². The molecule has 0 saturated heterocycles. The number of nitrogens with one attached hydrogen (secondary N) is 4. The van der Waals surface area contributed by atoms with Crippen LogP contribution in [0.3, 0.4) is 0 Å². The third kappa shape index (κ3) is 9.07. The Bertz CT molecular complexity index is 1650. The van der Waals surface area contributed by atoms with E-state index in [9.17, 15) is 37.7 Å². The van der Waals surface area contributed by atoms with Crippen LogP contribution < -0.4 is 36.1 Å². The summed E-state index contributed by atoms with van der Waals surface area (Å²) < 4.78 is 54.7. The van der Waals surface area contributed by atoms with E-state index in [1.165, 1.54) is 42.5 Å². The molecule has 0 radical (unpaired) electrons. The summed E-state index contributed by atoms with van der Waals surface area (Å²) in [6.45, 7) is 5.53. The average molecular weight is 647 g/mol. The van der Waals surface area contributed by atoms with Gasteiger partial charge in [0.05, 0.1) is 23.2 Å². The lowest BCUT2D eigenvalue weighted by atomic mass is 10.0. The second-order valence-corrected chi connectivity index (χ2v) is 9.65. The second-order valence-electron chi connectivity index (χ2n) is 9.65. The van der Waals surface area contributed by atoms with Gasteiger partial charge < -0.3 is 25.3 Å². The molecule has 6 N–H and O–H groups in total. The van der Waals surface area contributed by atoms with Crippen molar-refractivity contribution in [1.82, 2.24) is 10.9 Å². The Morgan fingerprint density at radius 1 is 1.00 bits per heavy atom. The average Bonchev–Trinajstić information content (AvgIpc) is 2.98. The number of nitro groups is 1. The molecule has 0 saturated carbocycles. The van der Waals surface area contributed by atoms with Crippen LogP contribution in [0.5, 0.6) is 17.2 Å².